The van der Waals surface area contributed by atoms with E-state index in [9.17, 15) is 4.79 Å². The van der Waals surface area contributed by atoms with Crippen LogP contribution in [-0.2, 0) is 9.53 Å². The molecule has 0 aromatic rings. The summed E-state index contributed by atoms with van der Waals surface area (Å²) in [7, 11) is 1.80. The highest BCUT2D eigenvalue weighted by Gasteiger charge is 2.26. The van der Waals surface area contributed by atoms with Gasteiger partial charge in [0.2, 0.25) is 6.41 Å². The van der Waals surface area contributed by atoms with Gasteiger partial charge in [0.05, 0.1) is 12.7 Å². The van der Waals surface area contributed by atoms with Gasteiger partial charge in [0.15, 0.2) is 5.84 Å². The third-order valence-corrected chi connectivity index (χ3v) is 2.53. The molecule has 1 fully saturated rings. The first kappa shape index (κ1) is 13.5. The number of aliphatic hydroxyl groups is 1. The summed E-state index contributed by atoms with van der Waals surface area (Å²) < 4.78 is 5.53. The third kappa shape index (κ3) is 4.04. The summed E-state index contributed by atoms with van der Waals surface area (Å²) in [4.78, 5) is 11.9. The standard InChI is InChI=1S/C10H17N3O4/c1-13(5-4-9(12-16)11-7-15)10-3-2-8(6-14)17-10/h4-5,7-8,10,14,16H,2-3,6H2,1H3,(H,11,12,15)/b5-4-/t8?,10-/m1/s1. The first-order valence-corrected chi connectivity index (χ1v) is 5.30. The molecule has 0 aliphatic carbocycles. The van der Waals surface area contributed by atoms with Crippen molar-refractivity contribution >= 4 is 12.2 Å². The number of carbonyl (C=O) groups excluding carboxylic acids is 1. The molecule has 0 aromatic carbocycles. The summed E-state index contributed by atoms with van der Waals surface area (Å²) in [5, 5.41) is 22.6. The van der Waals surface area contributed by atoms with Crippen molar-refractivity contribution in [3.05, 3.63) is 12.3 Å². The number of aliphatic hydroxyl groups excluding tert-OH is 1. The number of oxime groups is 1. The van der Waals surface area contributed by atoms with Gasteiger partial charge in [0.25, 0.3) is 0 Å². The predicted octanol–water partition coefficient (Wildman–Crippen LogP) is -0.537. The molecule has 1 saturated heterocycles. The fourth-order valence-corrected chi connectivity index (χ4v) is 1.58. The SMILES string of the molecule is CN(/C=C\C(=N\O)NC=O)[C@H]1CCC(CO)O1. The molecule has 1 aliphatic rings. The second-order valence-corrected chi connectivity index (χ2v) is 3.70. The molecule has 0 aromatic heterocycles. The summed E-state index contributed by atoms with van der Waals surface area (Å²) in [5.41, 5.74) is 0. The molecular weight excluding hydrogens is 226 g/mol. The van der Waals surface area contributed by atoms with Gasteiger partial charge in [-0.1, -0.05) is 5.16 Å². The Morgan fingerprint density at radius 2 is 2.41 bits per heavy atom. The van der Waals surface area contributed by atoms with Crippen molar-refractivity contribution in [2.24, 2.45) is 5.16 Å². The summed E-state index contributed by atoms with van der Waals surface area (Å²) in [5.74, 6) is 0.0450. The lowest BCUT2D eigenvalue weighted by Gasteiger charge is -2.22. The van der Waals surface area contributed by atoms with Crippen molar-refractivity contribution in [3.8, 4) is 0 Å². The minimum absolute atomic E-state index is 0.0180. The summed E-state index contributed by atoms with van der Waals surface area (Å²) >= 11 is 0. The highest BCUT2D eigenvalue weighted by molar-refractivity contribution is 5.98. The molecule has 0 saturated carbocycles. The molecule has 96 valence electrons. The second-order valence-electron chi connectivity index (χ2n) is 3.70. The average molecular weight is 243 g/mol. The van der Waals surface area contributed by atoms with E-state index < -0.39 is 0 Å². The number of rotatable bonds is 5. The fraction of sp³-hybridized carbons (Fsp3) is 0.600. The topological polar surface area (TPSA) is 94.4 Å². The van der Waals surface area contributed by atoms with E-state index in [1.807, 2.05) is 0 Å². The van der Waals surface area contributed by atoms with Gasteiger partial charge in [-0.05, 0) is 12.8 Å². The van der Waals surface area contributed by atoms with Gasteiger partial charge < -0.3 is 25.3 Å². The highest BCUT2D eigenvalue weighted by Crippen LogP contribution is 2.21. The molecule has 0 radical (unpaired) electrons. The molecule has 0 bridgehead atoms. The Labute approximate surface area is 99.4 Å². The number of carbonyl (C=O) groups is 1. The zero-order valence-electron chi connectivity index (χ0n) is 9.61. The van der Waals surface area contributed by atoms with Crippen LogP contribution in [0, 0.1) is 0 Å². The van der Waals surface area contributed by atoms with E-state index >= 15 is 0 Å². The van der Waals surface area contributed by atoms with E-state index in [0.29, 0.717) is 6.41 Å². The zero-order valence-corrected chi connectivity index (χ0v) is 9.61. The fourth-order valence-electron chi connectivity index (χ4n) is 1.58. The average Bonchev–Trinajstić information content (AvgIpc) is 2.82. The predicted molar refractivity (Wildman–Crippen MR) is 60.3 cm³/mol. The number of nitrogens with zero attached hydrogens (tertiary/aromatic N) is 2. The molecule has 1 aliphatic heterocycles. The number of hydrogen-bond acceptors (Lipinski definition) is 6. The smallest absolute Gasteiger partial charge is 0.212 e. The van der Waals surface area contributed by atoms with Crippen LogP contribution in [-0.4, -0.2) is 53.4 Å². The van der Waals surface area contributed by atoms with Gasteiger partial charge in [-0.2, -0.15) is 0 Å². The lowest BCUT2D eigenvalue weighted by atomic mass is 10.2. The van der Waals surface area contributed by atoms with Gasteiger partial charge in [-0.3, -0.25) is 4.79 Å². The lowest BCUT2D eigenvalue weighted by Crippen LogP contribution is -2.28. The minimum Gasteiger partial charge on any atom is -0.409 e. The van der Waals surface area contributed by atoms with E-state index in [4.69, 9.17) is 15.1 Å². The Bertz CT molecular complexity index is 306. The first-order chi connectivity index (χ1) is 8.21. The maximum atomic E-state index is 10.2. The number of hydrogen-bond donors (Lipinski definition) is 3. The molecule has 7 heteroatoms. The first-order valence-electron chi connectivity index (χ1n) is 5.30. The number of ether oxygens (including phenoxy) is 1. The Kier molecular flexibility index (Phi) is 5.44. The van der Waals surface area contributed by atoms with Gasteiger partial charge in [-0.25, -0.2) is 0 Å². The molecule has 1 amide bonds. The molecule has 0 spiro atoms. The van der Waals surface area contributed by atoms with Crippen LogP contribution in [0.15, 0.2) is 17.4 Å². The van der Waals surface area contributed by atoms with Crippen LogP contribution in [0.1, 0.15) is 12.8 Å². The van der Waals surface area contributed by atoms with E-state index in [-0.39, 0.29) is 24.8 Å². The lowest BCUT2D eigenvalue weighted by molar-refractivity contribution is -0.108. The molecular formula is C10H17N3O4. The molecule has 3 N–H and O–H groups in total. The molecule has 1 unspecified atom stereocenters. The normalized spacial score (nSPS) is 25.2. The molecule has 1 rings (SSSR count). The highest BCUT2D eigenvalue weighted by atomic mass is 16.5. The molecule has 7 nitrogen and oxygen atoms in total. The van der Waals surface area contributed by atoms with Gasteiger partial charge in [0, 0.05) is 19.3 Å². The van der Waals surface area contributed by atoms with Gasteiger partial charge in [-0.15, -0.1) is 0 Å². The van der Waals surface area contributed by atoms with E-state index in [0.717, 1.165) is 12.8 Å². The third-order valence-electron chi connectivity index (χ3n) is 2.53. The van der Waals surface area contributed by atoms with Crippen molar-refractivity contribution in [1.29, 1.82) is 0 Å². The van der Waals surface area contributed by atoms with Crippen LogP contribution >= 0.6 is 0 Å². The van der Waals surface area contributed by atoms with Crippen LogP contribution in [0.5, 0.6) is 0 Å². The Balaban J connectivity index is 2.46. The maximum absolute atomic E-state index is 10.2. The largest absolute Gasteiger partial charge is 0.409 e. The minimum atomic E-state index is -0.116. The summed E-state index contributed by atoms with van der Waals surface area (Å²) in [6.45, 7) is 0.0180. The Morgan fingerprint density at radius 1 is 1.65 bits per heavy atom. The number of nitrogens with one attached hydrogen (secondary N) is 1. The van der Waals surface area contributed by atoms with Crippen LogP contribution in [0.25, 0.3) is 0 Å². The van der Waals surface area contributed by atoms with E-state index in [1.165, 1.54) is 6.08 Å². The summed E-state index contributed by atoms with van der Waals surface area (Å²) in [6, 6.07) is 0. The Morgan fingerprint density at radius 3 is 2.94 bits per heavy atom. The van der Waals surface area contributed by atoms with Crippen molar-refractivity contribution in [1.82, 2.24) is 10.2 Å². The van der Waals surface area contributed by atoms with Gasteiger partial charge >= 0.3 is 0 Å². The van der Waals surface area contributed by atoms with E-state index in [1.54, 1.807) is 18.1 Å². The van der Waals surface area contributed by atoms with Crippen LogP contribution in [0.3, 0.4) is 0 Å². The van der Waals surface area contributed by atoms with Crippen molar-refractivity contribution in [3.63, 3.8) is 0 Å². The molecule has 1 heterocycles. The zero-order chi connectivity index (χ0) is 12.7. The Hall–Kier alpha value is -1.60. The maximum Gasteiger partial charge on any atom is 0.212 e. The molecule has 17 heavy (non-hydrogen) atoms. The van der Waals surface area contributed by atoms with Crippen molar-refractivity contribution < 1.29 is 19.8 Å². The van der Waals surface area contributed by atoms with Crippen LogP contribution in [0.2, 0.25) is 0 Å². The van der Waals surface area contributed by atoms with E-state index in [2.05, 4.69) is 10.5 Å². The summed E-state index contributed by atoms with van der Waals surface area (Å²) in [6.07, 6.45) is 4.91. The van der Waals surface area contributed by atoms with Gasteiger partial charge in [0.1, 0.15) is 6.23 Å². The number of amidine groups is 1. The second kappa shape index (κ2) is 6.87. The van der Waals surface area contributed by atoms with Crippen LogP contribution in [0.4, 0.5) is 0 Å². The van der Waals surface area contributed by atoms with Crippen molar-refractivity contribution in [2.45, 2.75) is 25.2 Å². The van der Waals surface area contributed by atoms with Crippen molar-refractivity contribution in [2.75, 3.05) is 13.7 Å². The van der Waals surface area contributed by atoms with Crippen LogP contribution < -0.4 is 5.32 Å². The monoisotopic (exact) mass is 243 g/mol. The molecule has 2 atom stereocenters. The quantitative estimate of drug-likeness (QED) is 0.198. The number of amides is 1.